The van der Waals surface area contributed by atoms with Gasteiger partial charge in [0.05, 0.1) is 6.61 Å². The summed E-state index contributed by atoms with van der Waals surface area (Å²) in [6.07, 6.45) is 6.50. The summed E-state index contributed by atoms with van der Waals surface area (Å²) in [6.45, 7) is 7.29. The van der Waals surface area contributed by atoms with Crippen LogP contribution in [-0.2, 0) is 6.42 Å². The Morgan fingerprint density at radius 3 is 2.43 bits per heavy atom. The number of carbonyl (C=O) groups is 1. The van der Waals surface area contributed by atoms with E-state index in [2.05, 4.69) is 22.4 Å². The molecule has 0 atom stereocenters. The first-order valence-corrected chi connectivity index (χ1v) is 12.5. The summed E-state index contributed by atoms with van der Waals surface area (Å²) in [5.41, 5.74) is 8.66. The molecule has 35 heavy (non-hydrogen) atoms. The molecular formula is C28H38N4O3. The molecule has 0 aliphatic carbocycles. The minimum atomic E-state index is -0.0411. The highest BCUT2D eigenvalue weighted by Crippen LogP contribution is 2.30. The van der Waals surface area contributed by atoms with Crippen LogP contribution in [0.4, 0.5) is 5.82 Å². The van der Waals surface area contributed by atoms with Crippen LogP contribution in [0.25, 0.3) is 11.3 Å². The van der Waals surface area contributed by atoms with Crippen LogP contribution in [0.2, 0.25) is 0 Å². The van der Waals surface area contributed by atoms with Crippen LogP contribution >= 0.6 is 0 Å². The minimum absolute atomic E-state index is 0.0411. The van der Waals surface area contributed by atoms with Gasteiger partial charge in [0.25, 0.3) is 5.91 Å². The number of hydrogen-bond acceptors (Lipinski definition) is 6. The number of para-hydroxylation sites is 1. The first kappa shape index (κ1) is 27.6. The first-order valence-electron chi connectivity index (χ1n) is 12.5. The van der Waals surface area contributed by atoms with E-state index in [9.17, 15) is 9.90 Å². The van der Waals surface area contributed by atoms with Crippen molar-refractivity contribution in [2.45, 2.75) is 59.3 Å². The van der Waals surface area contributed by atoms with E-state index in [-0.39, 0.29) is 17.5 Å². The number of nitrogens with one attached hydrogen (secondary N) is 1. The van der Waals surface area contributed by atoms with E-state index in [0.29, 0.717) is 42.1 Å². The highest BCUT2D eigenvalue weighted by Gasteiger charge is 2.11. The van der Waals surface area contributed by atoms with Gasteiger partial charge in [-0.15, -0.1) is 10.2 Å². The number of carbonyl (C=O) groups excluding carboxylic acids is 1. The Hall–Kier alpha value is -3.61. The average Bonchev–Trinajstić information content (AvgIpc) is 2.89. The van der Waals surface area contributed by atoms with Gasteiger partial charge in [-0.05, 0) is 36.2 Å². The number of rotatable bonds is 12. The number of amides is 1. The summed E-state index contributed by atoms with van der Waals surface area (Å²) in [7, 11) is 0. The number of ether oxygens (including phenoxy) is 1. The van der Waals surface area contributed by atoms with Crippen molar-refractivity contribution in [1.29, 1.82) is 0 Å². The Morgan fingerprint density at radius 1 is 1.00 bits per heavy atom. The van der Waals surface area contributed by atoms with Crippen LogP contribution in [0, 0.1) is 0 Å². The number of unbranched alkanes of at least 4 members (excludes halogenated alkanes) is 4. The standard InChI is InChI=1S/C26H32N4O3.C2H6/c1-2-3-4-5-8-16-28-26(32)20-13-11-19(12-14-20)15-17-33-24-18-22(29-30-25(24)27)21-9-6-7-10-23(21)31;1-2/h6-7,9-14,18,31H,2-5,8,15-17H2,1H3,(H2,27,30)(H,28,32);1-2H3. The molecule has 1 heterocycles. The molecule has 1 amide bonds. The summed E-state index contributed by atoms with van der Waals surface area (Å²) in [4.78, 5) is 12.3. The first-order chi connectivity index (χ1) is 17.1. The van der Waals surface area contributed by atoms with Crippen molar-refractivity contribution >= 4 is 11.7 Å². The zero-order valence-corrected chi connectivity index (χ0v) is 21.1. The molecule has 0 unspecified atom stereocenters. The van der Waals surface area contributed by atoms with Gasteiger partial charge in [0.2, 0.25) is 0 Å². The molecule has 0 saturated heterocycles. The van der Waals surface area contributed by atoms with E-state index in [1.807, 2.05) is 44.2 Å². The molecular weight excluding hydrogens is 440 g/mol. The van der Waals surface area contributed by atoms with Crippen molar-refractivity contribution < 1.29 is 14.6 Å². The predicted octanol–water partition coefficient (Wildman–Crippen LogP) is 5.78. The lowest BCUT2D eigenvalue weighted by Gasteiger charge is -2.10. The Labute approximate surface area is 208 Å². The number of aromatic hydroxyl groups is 1. The smallest absolute Gasteiger partial charge is 0.251 e. The number of aromatic nitrogens is 2. The number of benzene rings is 2. The topological polar surface area (TPSA) is 110 Å². The van der Waals surface area contributed by atoms with Crippen molar-refractivity contribution in [2.75, 3.05) is 18.9 Å². The normalized spacial score (nSPS) is 10.3. The number of nitrogen functional groups attached to an aromatic ring is 1. The maximum absolute atomic E-state index is 12.3. The number of nitrogens with two attached hydrogens (primary N) is 1. The highest BCUT2D eigenvalue weighted by atomic mass is 16.5. The molecule has 0 aliphatic rings. The van der Waals surface area contributed by atoms with Crippen LogP contribution in [0.1, 0.15) is 68.8 Å². The van der Waals surface area contributed by atoms with Gasteiger partial charge in [0.1, 0.15) is 11.4 Å². The molecule has 0 spiro atoms. The van der Waals surface area contributed by atoms with Crippen molar-refractivity contribution in [3.8, 4) is 22.8 Å². The molecule has 3 rings (SSSR count). The van der Waals surface area contributed by atoms with Crippen LogP contribution < -0.4 is 15.8 Å². The van der Waals surface area contributed by atoms with E-state index in [4.69, 9.17) is 10.5 Å². The maximum Gasteiger partial charge on any atom is 0.251 e. The molecule has 0 bridgehead atoms. The highest BCUT2D eigenvalue weighted by molar-refractivity contribution is 5.94. The lowest BCUT2D eigenvalue weighted by molar-refractivity contribution is 0.0953. The van der Waals surface area contributed by atoms with Gasteiger partial charge in [-0.1, -0.05) is 70.7 Å². The number of hydrogen-bond donors (Lipinski definition) is 3. The second kappa shape index (κ2) is 15.3. The lowest BCUT2D eigenvalue weighted by atomic mass is 10.1. The van der Waals surface area contributed by atoms with Gasteiger partial charge >= 0.3 is 0 Å². The van der Waals surface area contributed by atoms with E-state index in [1.54, 1.807) is 24.3 Å². The van der Waals surface area contributed by atoms with Gasteiger partial charge < -0.3 is 20.9 Å². The SMILES string of the molecule is CC.CCCCCCCNC(=O)c1ccc(CCOc2cc(-c3ccccc3O)nnc2N)cc1. The van der Waals surface area contributed by atoms with Gasteiger partial charge in [0.15, 0.2) is 11.6 Å². The van der Waals surface area contributed by atoms with Gasteiger partial charge in [0, 0.05) is 30.2 Å². The van der Waals surface area contributed by atoms with Crippen molar-refractivity contribution in [1.82, 2.24) is 15.5 Å². The fourth-order valence-corrected chi connectivity index (χ4v) is 3.46. The molecule has 4 N–H and O–H groups in total. The molecule has 7 nitrogen and oxygen atoms in total. The Morgan fingerprint density at radius 2 is 1.71 bits per heavy atom. The second-order valence-electron chi connectivity index (χ2n) is 7.96. The average molecular weight is 479 g/mol. The molecule has 3 aromatic rings. The molecule has 0 radical (unpaired) electrons. The monoisotopic (exact) mass is 478 g/mol. The Balaban J connectivity index is 0.00000210. The fraction of sp³-hybridized carbons (Fsp3) is 0.393. The third kappa shape index (κ3) is 8.92. The van der Waals surface area contributed by atoms with Crippen LogP contribution in [0.5, 0.6) is 11.5 Å². The fourth-order valence-electron chi connectivity index (χ4n) is 3.46. The third-order valence-corrected chi connectivity index (χ3v) is 5.40. The number of nitrogens with zero attached hydrogens (tertiary/aromatic N) is 2. The van der Waals surface area contributed by atoms with Crippen LogP contribution in [0.15, 0.2) is 54.6 Å². The summed E-state index contributed by atoms with van der Waals surface area (Å²) >= 11 is 0. The van der Waals surface area contributed by atoms with E-state index in [1.165, 1.54) is 19.3 Å². The number of anilines is 1. The van der Waals surface area contributed by atoms with E-state index < -0.39 is 0 Å². The zero-order chi connectivity index (χ0) is 25.5. The lowest BCUT2D eigenvalue weighted by Crippen LogP contribution is -2.24. The summed E-state index contributed by atoms with van der Waals surface area (Å²) in [5, 5.41) is 21.0. The molecule has 7 heteroatoms. The van der Waals surface area contributed by atoms with Crippen molar-refractivity contribution in [3.63, 3.8) is 0 Å². The van der Waals surface area contributed by atoms with Crippen molar-refractivity contribution in [3.05, 3.63) is 65.7 Å². The molecule has 0 aliphatic heterocycles. The summed E-state index contributed by atoms with van der Waals surface area (Å²) in [5.74, 6) is 0.679. The number of phenols is 1. The third-order valence-electron chi connectivity index (χ3n) is 5.40. The zero-order valence-electron chi connectivity index (χ0n) is 21.1. The van der Waals surface area contributed by atoms with Crippen LogP contribution in [-0.4, -0.2) is 34.4 Å². The quantitative estimate of drug-likeness (QED) is 0.285. The van der Waals surface area contributed by atoms with Crippen LogP contribution in [0.3, 0.4) is 0 Å². The summed E-state index contributed by atoms with van der Waals surface area (Å²) < 4.78 is 5.83. The van der Waals surface area contributed by atoms with Crippen molar-refractivity contribution in [2.24, 2.45) is 0 Å². The Kier molecular flexibility index (Phi) is 12.1. The van der Waals surface area contributed by atoms with E-state index >= 15 is 0 Å². The minimum Gasteiger partial charge on any atom is -0.507 e. The van der Waals surface area contributed by atoms with Gasteiger partial charge in [-0.2, -0.15) is 0 Å². The summed E-state index contributed by atoms with van der Waals surface area (Å²) in [6, 6.07) is 16.1. The van der Waals surface area contributed by atoms with E-state index in [0.717, 1.165) is 18.4 Å². The molecule has 0 fully saturated rings. The predicted molar refractivity (Wildman–Crippen MR) is 142 cm³/mol. The molecule has 188 valence electrons. The van der Waals surface area contributed by atoms with Gasteiger partial charge in [-0.3, -0.25) is 4.79 Å². The largest absolute Gasteiger partial charge is 0.507 e. The Bertz CT molecular complexity index is 1040. The molecule has 2 aromatic carbocycles. The molecule has 1 aromatic heterocycles. The maximum atomic E-state index is 12.3. The second-order valence-corrected chi connectivity index (χ2v) is 7.96. The number of phenolic OH excluding ortho intramolecular Hbond substituents is 1. The van der Waals surface area contributed by atoms with Gasteiger partial charge in [-0.25, -0.2) is 0 Å². The molecule has 0 saturated carbocycles.